The quantitative estimate of drug-likeness (QED) is 0.401. The number of benzene rings is 2. The number of ether oxygens (including phenoxy) is 1. The van der Waals surface area contributed by atoms with E-state index >= 15 is 0 Å². The van der Waals surface area contributed by atoms with E-state index in [0.717, 1.165) is 9.13 Å². The van der Waals surface area contributed by atoms with Gasteiger partial charge in [0.1, 0.15) is 11.6 Å². The van der Waals surface area contributed by atoms with Crippen molar-refractivity contribution in [2.75, 3.05) is 7.11 Å². The molecule has 5 nitrogen and oxygen atoms in total. The van der Waals surface area contributed by atoms with Crippen LogP contribution in [0.5, 0.6) is 5.75 Å². The third-order valence-electron chi connectivity index (χ3n) is 4.28. The van der Waals surface area contributed by atoms with Crippen molar-refractivity contribution in [1.29, 1.82) is 0 Å². The van der Waals surface area contributed by atoms with Gasteiger partial charge >= 0.3 is 0 Å². The molecule has 2 aromatic carbocycles. The Balaban J connectivity index is 1.97. The molecular formula is C22H16IN3O2. The van der Waals surface area contributed by atoms with Crippen LogP contribution < -0.4 is 10.3 Å². The van der Waals surface area contributed by atoms with Crippen molar-refractivity contribution >= 4 is 45.6 Å². The number of nitrogens with zero attached hydrogens (tertiary/aromatic N) is 3. The monoisotopic (exact) mass is 481 g/mol. The van der Waals surface area contributed by atoms with Crippen molar-refractivity contribution in [2.45, 2.75) is 0 Å². The fourth-order valence-electron chi connectivity index (χ4n) is 2.93. The van der Waals surface area contributed by atoms with Gasteiger partial charge in [-0.3, -0.25) is 14.3 Å². The number of pyridine rings is 1. The Kier molecular flexibility index (Phi) is 5.21. The molecule has 6 heteroatoms. The van der Waals surface area contributed by atoms with E-state index in [-0.39, 0.29) is 5.56 Å². The number of aromatic nitrogens is 3. The van der Waals surface area contributed by atoms with Crippen LogP contribution in [0.25, 0.3) is 28.7 Å². The molecule has 0 radical (unpaired) electrons. The second kappa shape index (κ2) is 7.93. The van der Waals surface area contributed by atoms with E-state index in [1.54, 1.807) is 24.1 Å². The second-order valence-corrected chi connectivity index (χ2v) is 7.34. The van der Waals surface area contributed by atoms with Crippen molar-refractivity contribution in [1.82, 2.24) is 14.5 Å². The van der Waals surface area contributed by atoms with Gasteiger partial charge < -0.3 is 4.74 Å². The molecule has 138 valence electrons. The van der Waals surface area contributed by atoms with Crippen LogP contribution in [-0.2, 0) is 0 Å². The minimum absolute atomic E-state index is 0.123. The van der Waals surface area contributed by atoms with E-state index in [9.17, 15) is 4.79 Å². The maximum Gasteiger partial charge on any atom is 0.266 e. The zero-order valence-electron chi connectivity index (χ0n) is 15.0. The van der Waals surface area contributed by atoms with Gasteiger partial charge in [-0.05, 0) is 76.7 Å². The average molecular weight is 481 g/mol. The maximum absolute atomic E-state index is 13.3. The number of hydrogen-bond acceptors (Lipinski definition) is 4. The van der Waals surface area contributed by atoms with Crippen LogP contribution in [0.3, 0.4) is 0 Å². The first-order chi connectivity index (χ1) is 13.7. The molecule has 4 rings (SSSR count). The third kappa shape index (κ3) is 3.68. The van der Waals surface area contributed by atoms with Gasteiger partial charge in [0.25, 0.3) is 5.56 Å². The van der Waals surface area contributed by atoms with Gasteiger partial charge in [0.05, 0.1) is 23.7 Å². The van der Waals surface area contributed by atoms with E-state index in [1.165, 1.54) is 0 Å². The molecular weight excluding hydrogens is 465 g/mol. The Morgan fingerprint density at radius 1 is 1.07 bits per heavy atom. The molecule has 0 fully saturated rings. The molecule has 0 spiro atoms. The standard InChI is InChI=1S/C22H16IN3O2/c1-28-18-6-2-5-17(13-18)26-21(10-7-15-4-3-11-24-14-15)25-20-9-8-16(23)12-19(20)22(26)27/h2-14H,1H3. The third-order valence-corrected chi connectivity index (χ3v) is 4.95. The van der Waals surface area contributed by atoms with Crippen molar-refractivity contribution in [3.05, 3.63) is 92.3 Å². The molecule has 2 aromatic heterocycles. The van der Waals surface area contributed by atoms with E-state index in [0.29, 0.717) is 28.2 Å². The molecule has 0 bridgehead atoms. The summed E-state index contributed by atoms with van der Waals surface area (Å²) in [6.07, 6.45) is 7.20. The van der Waals surface area contributed by atoms with Gasteiger partial charge in [0.2, 0.25) is 0 Å². The van der Waals surface area contributed by atoms with Crippen LogP contribution in [0.15, 0.2) is 71.8 Å². The fourth-order valence-corrected chi connectivity index (χ4v) is 3.42. The van der Waals surface area contributed by atoms with Crippen molar-refractivity contribution in [2.24, 2.45) is 0 Å². The summed E-state index contributed by atoms with van der Waals surface area (Å²) >= 11 is 2.20. The van der Waals surface area contributed by atoms with E-state index in [4.69, 9.17) is 9.72 Å². The summed E-state index contributed by atoms with van der Waals surface area (Å²) < 4.78 is 7.92. The molecule has 0 N–H and O–H groups in total. The molecule has 0 aliphatic carbocycles. The van der Waals surface area contributed by atoms with Crippen LogP contribution in [0, 0.1) is 3.57 Å². The number of methoxy groups -OCH3 is 1. The summed E-state index contributed by atoms with van der Waals surface area (Å²) in [5.74, 6) is 1.21. The SMILES string of the molecule is COc1cccc(-n2c(C=Cc3cccnc3)nc3ccc(I)cc3c2=O)c1. The lowest BCUT2D eigenvalue weighted by Crippen LogP contribution is -2.22. The van der Waals surface area contributed by atoms with Gasteiger partial charge in [-0.15, -0.1) is 0 Å². The number of halogens is 1. The fraction of sp³-hybridized carbons (Fsp3) is 0.0455. The molecule has 0 saturated heterocycles. The first kappa shape index (κ1) is 18.4. The predicted octanol–water partition coefficient (Wildman–Crippen LogP) is 4.56. The molecule has 0 aliphatic rings. The normalized spacial score (nSPS) is 11.2. The molecule has 0 amide bonds. The zero-order valence-corrected chi connectivity index (χ0v) is 17.2. The van der Waals surface area contributed by atoms with Crippen LogP contribution in [0.2, 0.25) is 0 Å². The second-order valence-electron chi connectivity index (χ2n) is 6.09. The van der Waals surface area contributed by atoms with Gasteiger partial charge in [-0.1, -0.05) is 12.1 Å². The van der Waals surface area contributed by atoms with Crippen molar-refractivity contribution < 1.29 is 4.74 Å². The summed E-state index contributed by atoms with van der Waals surface area (Å²) in [6, 6.07) is 16.9. The number of fused-ring (bicyclic) bond motifs is 1. The van der Waals surface area contributed by atoms with Gasteiger partial charge in [-0.2, -0.15) is 0 Å². The zero-order chi connectivity index (χ0) is 19.5. The minimum atomic E-state index is -0.123. The highest BCUT2D eigenvalue weighted by molar-refractivity contribution is 14.1. The highest BCUT2D eigenvalue weighted by atomic mass is 127. The summed E-state index contributed by atoms with van der Waals surface area (Å²) in [4.78, 5) is 22.2. The largest absolute Gasteiger partial charge is 0.497 e. The van der Waals surface area contributed by atoms with Gasteiger partial charge in [0, 0.05) is 22.0 Å². The topological polar surface area (TPSA) is 57.0 Å². The smallest absolute Gasteiger partial charge is 0.266 e. The Labute approximate surface area is 175 Å². The molecule has 0 atom stereocenters. The van der Waals surface area contributed by atoms with E-state index in [1.807, 2.05) is 66.7 Å². The highest BCUT2D eigenvalue weighted by Crippen LogP contribution is 2.20. The molecule has 2 heterocycles. The lowest BCUT2D eigenvalue weighted by atomic mass is 10.2. The van der Waals surface area contributed by atoms with Crippen LogP contribution in [0.1, 0.15) is 11.4 Å². The molecule has 0 unspecified atom stereocenters. The molecule has 0 saturated carbocycles. The van der Waals surface area contributed by atoms with Gasteiger partial charge in [-0.25, -0.2) is 4.98 Å². The Morgan fingerprint density at radius 2 is 1.96 bits per heavy atom. The highest BCUT2D eigenvalue weighted by Gasteiger charge is 2.12. The first-order valence-electron chi connectivity index (χ1n) is 8.60. The number of hydrogen-bond donors (Lipinski definition) is 0. The summed E-state index contributed by atoms with van der Waals surface area (Å²) in [7, 11) is 1.60. The lowest BCUT2D eigenvalue weighted by Gasteiger charge is -2.12. The first-order valence-corrected chi connectivity index (χ1v) is 9.68. The summed E-state index contributed by atoms with van der Waals surface area (Å²) in [5.41, 5.74) is 2.16. The van der Waals surface area contributed by atoms with Crippen molar-refractivity contribution in [3.63, 3.8) is 0 Å². The molecule has 4 aromatic rings. The van der Waals surface area contributed by atoms with E-state index in [2.05, 4.69) is 27.6 Å². The minimum Gasteiger partial charge on any atom is -0.497 e. The number of rotatable bonds is 4. The summed E-state index contributed by atoms with van der Waals surface area (Å²) in [5, 5.41) is 0.577. The summed E-state index contributed by atoms with van der Waals surface area (Å²) in [6.45, 7) is 0. The van der Waals surface area contributed by atoms with Crippen LogP contribution >= 0.6 is 22.6 Å². The molecule has 0 aliphatic heterocycles. The lowest BCUT2D eigenvalue weighted by molar-refractivity contribution is 0.414. The Morgan fingerprint density at radius 3 is 2.75 bits per heavy atom. The maximum atomic E-state index is 13.3. The Bertz CT molecular complexity index is 1230. The van der Waals surface area contributed by atoms with Crippen LogP contribution in [0.4, 0.5) is 0 Å². The molecule has 28 heavy (non-hydrogen) atoms. The Hall–Kier alpha value is -3.00. The predicted molar refractivity (Wildman–Crippen MR) is 120 cm³/mol. The van der Waals surface area contributed by atoms with Crippen LogP contribution in [-0.4, -0.2) is 21.6 Å². The average Bonchev–Trinajstić information content (AvgIpc) is 2.73. The van der Waals surface area contributed by atoms with E-state index < -0.39 is 0 Å². The van der Waals surface area contributed by atoms with Crippen molar-refractivity contribution in [3.8, 4) is 11.4 Å². The van der Waals surface area contributed by atoms with Gasteiger partial charge in [0.15, 0.2) is 0 Å².